The summed E-state index contributed by atoms with van der Waals surface area (Å²) in [5, 5.41) is 11.5. The largest absolute Gasteiger partial charge is 0.494 e. The number of likely N-dealkylation sites (N-methyl/N-ethyl adjacent to an activating group) is 1. The highest BCUT2D eigenvalue weighted by molar-refractivity contribution is 7.15. The summed E-state index contributed by atoms with van der Waals surface area (Å²) in [6.07, 6.45) is 0.539. The molecule has 1 saturated heterocycles. The molecule has 9 nitrogen and oxygen atoms in total. The van der Waals surface area contributed by atoms with Crippen LogP contribution >= 0.6 is 11.3 Å². The Balaban J connectivity index is 1.53. The number of alkyl halides is 2. The lowest BCUT2D eigenvalue weighted by molar-refractivity contribution is -0.120. The highest BCUT2D eigenvalue weighted by Gasteiger charge is 2.26. The summed E-state index contributed by atoms with van der Waals surface area (Å²) < 4.78 is 32.5. The van der Waals surface area contributed by atoms with E-state index in [0.717, 1.165) is 24.2 Å². The average Bonchev–Trinajstić information content (AvgIpc) is 3.64. The Morgan fingerprint density at radius 1 is 1.21 bits per heavy atom. The van der Waals surface area contributed by atoms with E-state index in [2.05, 4.69) is 32.3 Å². The molecule has 1 aromatic carbocycles. The third-order valence-electron chi connectivity index (χ3n) is 6.20. The number of amides is 2. The predicted molar refractivity (Wildman–Crippen MR) is 138 cm³/mol. The van der Waals surface area contributed by atoms with Gasteiger partial charge in [-0.15, -0.1) is 10.2 Å². The molecule has 0 bridgehead atoms. The number of ether oxygens (including phenoxy) is 1. The smallest absolute Gasteiger partial charge is 0.280 e. The molecule has 2 fully saturated rings. The predicted octanol–water partition coefficient (Wildman–Crippen LogP) is 3.84. The zero-order chi connectivity index (χ0) is 26.8. The molecular weight excluding hydrogens is 514 g/mol. The Morgan fingerprint density at radius 3 is 2.74 bits per heavy atom. The minimum Gasteiger partial charge on any atom is -0.494 e. The maximum absolute atomic E-state index is 13.6. The normalized spacial score (nSPS) is 15.8. The van der Waals surface area contributed by atoms with Gasteiger partial charge < -0.3 is 9.64 Å². The molecule has 2 amide bonds. The van der Waals surface area contributed by atoms with Crippen LogP contribution in [-0.2, 0) is 4.79 Å². The summed E-state index contributed by atoms with van der Waals surface area (Å²) in [6.45, 7) is 1.36. The van der Waals surface area contributed by atoms with E-state index in [-0.39, 0.29) is 34.5 Å². The fourth-order valence-corrected chi connectivity index (χ4v) is 4.62. The molecule has 12 heteroatoms. The molecular formula is C26H24F2N6O3S. The first-order valence-corrected chi connectivity index (χ1v) is 12.8. The van der Waals surface area contributed by atoms with Gasteiger partial charge in [-0.05, 0) is 50.1 Å². The first-order valence-electron chi connectivity index (χ1n) is 11.9. The van der Waals surface area contributed by atoms with Crippen molar-refractivity contribution in [1.82, 2.24) is 20.1 Å². The standard InChI is InChI=1S/C26H24F2N6O3S/c1-33-9-10-34(23(35)14-33)16-6-7-17(18(11-16)19-12-20(24(27)28)29-13-21(19)37-2)25(36)30-26-32-31-22(38-26)8-5-15-3-4-15/h6-7,11-13,15,24H,3-4,9-10,14H2,1-2H3,(H,30,32,36). The Morgan fingerprint density at radius 2 is 2.03 bits per heavy atom. The number of nitrogens with zero attached hydrogens (tertiary/aromatic N) is 5. The first-order chi connectivity index (χ1) is 18.3. The van der Waals surface area contributed by atoms with Gasteiger partial charge in [0.1, 0.15) is 11.4 Å². The number of nitrogens with one attached hydrogen (secondary N) is 1. The molecule has 38 heavy (non-hydrogen) atoms. The number of rotatable bonds is 6. The molecule has 196 valence electrons. The lowest BCUT2D eigenvalue weighted by atomic mass is 9.97. The summed E-state index contributed by atoms with van der Waals surface area (Å²) in [7, 11) is 3.25. The first kappa shape index (κ1) is 25.7. The third kappa shape index (κ3) is 5.64. The van der Waals surface area contributed by atoms with Crippen LogP contribution in [0.3, 0.4) is 0 Å². The number of piperazine rings is 1. The Bertz CT molecular complexity index is 1450. The van der Waals surface area contributed by atoms with Crippen LogP contribution in [-0.4, -0.2) is 65.7 Å². The Labute approximate surface area is 221 Å². The molecule has 0 spiro atoms. The van der Waals surface area contributed by atoms with Gasteiger partial charge in [-0.2, -0.15) is 0 Å². The quantitative estimate of drug-likeness (QED) is 0.476. The van der Waals surface area contributed by atoms with Crippen LogP contribution in [0.2, 0.25) is 0 Å². The van der Waals surface area contributed by atoms with Gasteiger partial charge >= 0.3 is 0 Å². The van der Waals surface area contributed by atoms with Crippen molar-refractivity contribution in [3.05, 3.63) is 46.7 Å². The fraction of sp³-hybridized carbons (Fsp3) is 0.346. The van der Waals surface area contributed by atoms with Crippen LogP contribution < -0.4 is 15.0 Å². The summed E-state index contributed by atoms with van der Waals surface area (Å²) in [4.78, 5) is 33.4. The van der Waals surface area contributed by atoms with Crippen LogP contribution in [0.4, 0.5) is 19.6 Å². The second-order valence-electron chi connectivity index (χ2n) is 9.03. The second-order valence-corrected chi connectivity index (χ2v) is 10.0. The van der Waals surface area contributed by atoms with E-state index in [1.165, 1.54) is 19.4 Å². The van der Waals surface area contributed by atoms with Crippen molar-refractivity contribution < 1.29 is 23.1 Å². The number of carbonyl (C=O) groups is 2. The summed E-state index contributed by atoms with van der Waals surface area (Å²) >= 11 is 1.15. The van der Waals surface area contributed by atoms with Crippen molar-refractivity contribution in [1.29, 1.82) is 0 Å². The molecule has 1 aliphatic carbocycles. The molecule has 3 heterocycles. The van der Waals surface area contributed by atoms with Gasteiger partial charge in [0.05, 0.1) is 19.9 Å². The van der Waals surface area contributed by atoms with E-state index in [1.807, 2.05) is 11.9 Å². The van der Waals surface area contributed by atoms with Gasteiger partial charge in [0.25, 0.3) is 12.3 Å². The zero-order valence-corrected chi connectivity index (χ0v) is 21.5. The third-order valence-corrected chi connectivity index (χ3v) is 6.95. The SMILES string of the molecule is COc1cnc(C(F)F)cc1-c1cc(N2CCN(C)CC2=O)ccc1C(=O)Nc1nnc(C#CC2CC2)s1. The van der Waals surface area contributed by atoms with Crippen LogP contribution in [0.5, 0.6) is 5.75 Å². The minimum absolute atomic E-state index is 0.106. The average molecular weight is 539 g/mol. The summed E-state index contributed by atoms with van der Waals surface area (Å²) in [5.74, 6) is 6.05. The molecule has 1 aliphatic heterocycles. The van der Waals surface area contributed by atoms with Gasteiger partial charge in [0, 0.05) is 41.4 Å². The Kier molecular flexibility index (Phi) is 7.31. The number of hydrogen-bond acceptors (Lipinski definition) is 8. The molecule has 3 aromatic rings. The number of halogens is 2. The van der Waals surface area contributed by atoms with Crippen molar-refractivity contribution >= 4 is 34.0 Å². The fourth-order valence-electron chi connectivity index (χ4n) is 4.02. The topological polar surface area (TPSA) is 101 Å². The van der Waals surface area contributed by atoms with Crippen molar-refractivity contribution in [2.45, 2.75) is 19.3 Å². The number of hydrogen-bond donors (Lipinski definition) is 1. The highest BCUT2D eigenvalue weighted by atomic mass is 32.1. The monoisotopic (exact) mass is 538 g/mol. The summed E-state index contributed by atoms with van der Waals surface area (Å²) in [6, 6.07) is 6.05. The van der Waals surface area contributed by atoms with Crippen LogP contribution in [0, 0.1) is 17.8 Å². The van der Waals surface area contributed by atoms with E-state index < -0.39 is 18.0 Å². The highest BCUT2D eigenvalue weighted by Crippen LogP contribution is 2.37. The number of benzene rings is 1. The van der Waals surface area contributed by atoms with Crippen LogP contribution in [0.1, 0.15) is 40.3 Å². The maximum atomic E-state index is 13.6. The molecule has 0 atom stereocenters. The van der Waals surface area contributed by atoms with Crippen LogP contribution in [0.25, 0.3) is 11.1 Å². The van der Waals surface area contributed by atoms with Gasteiger partial charge in [-0.25, -0.2) is 8.78 Å². The van der Waals surface area contributed by atoms with E-state index >= 15 is 0 Å². The van der Waals surface area contributed by atoms with Crippen molar-refractivity contribution in [2.24, 2.45) is 5.92 Å². The molecule has 0 radical (unpaired) electrons. The molecule has 2 aliphatic rings. The summed E-state index contributed by atoms with van der Waals surface area (Å²) in [5.41, 5.74) is 0.823. The number of anilines is 2. The lowest BCUT2D eigenvalue weighted by Gasteiger charge is -2.32. The van der Waals surface area contributed by atoms with Gasteiger partial charge in [0.15, 0.2) is 5.01 Å². The zero-order valence-electron chi connectivity index (χ0n) is 20.7. The molecule has 5 rings (SSSR count). The van der Waals surface area contributed by atoms with Crippen LogP contribution in [0.15, 0.2) is 30.5 Å². The van der Waals surface area contributed by atoms with Gasteiger partial charge in [-0.3, -0.25) is 24.8 Å². The molecule has 0 unspecified atom stereocenters. The number of methoxy groups -OCH3 is 1. The maximum Gasteiger partial charge on any atom is 0.280 e. The molecule has 1 saturated carbocycles. The lowest BCUT2D eigenvalue weighted by Crippen LogP contribution is -2.48. The van der Waals surface area contributed by atoms with E-state index in [1.54, 1.807) is 23.1 Å². The van der Waals surface area contributed by atoms with Crippen molar-refractivity contribution in [2.75, 3.05) is 44.0 Å². The minimum atomic E-state index is -2.82. The van der Waals surface area contributed by atoms with E-state index in [0.29, 0.717) is 35.3 Å². The second kappa shape index (κ2) is 10.8. The number of aromatic nitrogens is 3. The van der Waals surface area contributed by atoms with E-state index in [4.69, 9.17) is 4.74 Å². The number of pyridine rings is 1. The molecule has 1 N–H and O–H groups in total. The molecule has 2 aromatic heterocycles. The van der Waals surface area contributed by atoms with Gasteiger partial charge in [0.2, 0.25) is 11.0 Å². The Hall–Kier alpha value is -3.95. The van der Waals surface area contributed by atoms with Crippen molar-refractivity contribution in [3.8, 4) is 28.7 Å². The van der Waals surface area contributed by atoms with Crippen molar-refractivity contribution in [3.63, 3.8) is 0 Å². The number of carbonyl (C=O) groups excluding carboxylic acids is 2. The van der Waals surface area contributed by atoms with E-state index in [9.17, 15) is 18.4 Å². The van der Waals surface area contributed by atoms with Gasteiger partial charge in [-0.1, -0.05) is 17.3 Å².